The Labute approximate surface area is 85.7 Å². The summed E-state index contributed by atoms with van der Waals surface area (Å²) in [5.41, 5.74) is 0. The van der Waals surface area contributed by atoms with Crippen LogP contribution in [0.5, 0.6) is 0 Å². The summed E-state index contributed by atoms with van der Waals surface area (Å²) in [6.45, 7) is 7.05. The molecule has 0 aromatic heterocycles. The van der Waals surface area contributed by atoms with E-state index in [4.69, 9.17) is 0 Å². The first kappa shape index (κ1) is 12.9. The summed E-state index contributed by atoms with van der Waals surface area (Å²) in [7, 11) is 0. The minimum Gasteiger partial charge on any atom is -0.355 e. The van der Waals surface area contributed by atoms with E-state index >= 15 is 0 Å². The molecule has 0 fully saturated rings. The summed E-state index contributed by atoms with van der Waals surface area (Å²) in [5, 5.41) is 2.67. The van der Waals surface area contributed by atoms with Gasteiger partial charge in [0.1, 0.15) is 0 Å². The van der Waals surface area contributed by atoms with Crippen LogP contribution >= 0.6 is 0 Å². The molecule has 4 heteroatoms. The summed E-state index contributed by atoms with van der Waals surface area (Å²) in [5.74, 6) is 0.0211. The van der Waals surface area contributed by atoms with Crippen molar-refractivity contribution in [1.82, 2.24) is 10.2 Å². The minimum absolute atomic E-state index is 0.0519. The molecule has 0 aromatic rings. The Morgan fingerprint density at radius 1 is 1.21 bits per heavy atom. The predicted molar refractivity (Wildman–Crippen MR) is 55.8 cm³/mol. The van der Waals surface area contributed by atoms with E-state index in [1.807, 2.05) is 0 Å². The van der Waals surface area contributed by atoms with Crippen LogP contribution in [0.2, 0.25) is 0 Å². The first-order valence-electron chi connectivity index (χ1n) is 5.07. The third-order valence-corrected chi connectivity index (χ3v) is 1.98. The van der Waals surface area contributed by atoms with Crippen molar-refractivity contribution in [2.45, 2.75) is 33.6 Å². The second-order valence-corrected chi connectivity index (χ2v) is 3.34. The first-order chi connectivity index (χ1) is 6.57. The topological polar surface area (TPSA) is 49.4 Å². The molecular formula is C10H20N2O2. The zero-order chi connectivity index (χ0) is 11.0. The Morgan fingerprint density at radius 3 is 2.29 bits per heavy atom. The lowest BCUT2D eigenvalue weighted by molar-refractivity contribution is -0.129. The molecule has 0 aliphatic carbocycles. The molecule has 0 heterocycles. The van der Waals surface area contributed by atoms with Crippen LogP contribution in [0.1, 0.15) is 33.6 Å². The normalized spacial score (nSPS) is 9.64. The molecule has 0 aromatic carbocycles. The predicted octanol–water partition coefficient (Wildman–Crippen LogP) is 0.771. The highest BCUT2D eigenvalue weighted by Crippen LogP contribution is 1.94. The van der Waals surface area contributed by atoms with E-state index in [0.29, 0.717) is 13.1 Å². The van der Waals surface area contributed by atoms with Crippen molar-refractivity contribution in [3.8, 4) is 0 Å². The summed E-state index contributed by atoms with van der Waals surface area (Å²) < 4.78 is 0. The molecule has 0 rings (SSSR count). The quantitative estimate of drug-likeness (QED) is 0.688. The molecule has 1 N–H and O–H groups in total. The Bertz CT molecular complexity index is 193. The van der Waals surface area contributed by atoms with Crippen LogP contribution in [0.15, 0.2) is 0 Å². The number of carbonyl (C=O) groups is 2. The van der Waals surface area contributed by atoms with Crippen LogP contribution < -0.4 is 5.32 Å². The molecule has 4 nitrogen and oxygen atoms in total. The summed E-state index contributed by atoms with van der Waals surface area (Å²) in [6.07, 6.45) is 2.09. The zero-order valence-electron chi connectivity index (χ0n) is 9.30. The highest BCUT2D eigenvalue weighted by Gasteiger charge is 2.06. The van der Waals surface area contributed by atoms with Crippen LogP contribution in [0, 0.1) is 0 Å². The summed E-state index contributed by atoms with van der Waals surface area (Å²) in [4.78, 5) is 23.5. The van der Waals surface area contributed by atoms with E-state index in [9.17, 15) is 9.59 Å². The highest BCUT2D eigenvalue weighted by molar-refractivity contribution is 5.74. The molecular weight excluding hydrogens is 180 g/mol. The second kappa shape index (κ2) is 7.35. The van der Waals surface area contributed by atoms with Crippen molar-refractivity contribution in [1.29, 1.82) is 0 Å². The van der Waals surface area contributed by atoms with E-state index in [0.717, 1.165) is 19.4 Å². The maximum atomic E-state index is 11.1. The average molecular weight is 200 g/mol. The minimum atomic E-state index is -0.0519. The molecule has 2 amide bonds. The van der Waals surface area contributed by atoms with Crippen molar-refractivity contribution in [2.75, 3.05) is 19.6 Å². The molecule has 0 saturated heterocycles. The number of amides is 2. The highest BCUT2D eigenvalue weighted by atomic mass is 16.2. The lowest BCUT2D eigenvalue weighted by Crippen LogP contribution is -2.37. The number of unbranched alkanes of at least 4 members (excludes halogenated alkanes) is 1. The monoisotopic (exact) mass is 200 g/mol. The molecule has 82 valence electrons. The van der Waals surface area contributed by atoms with E-state index in [1.165, 1.54) is 6.92 Å². The van der Waals surface area contributed by atoms with Crippen molar-refractivity contribution < 1.29 is 9.59 Å². The smallest absolute Gasteiger partial charge is 0.219 e. The number of hydrogen-bond donors (Lipinski definition) is 1. The van der Waals surface area contributed by atoms with Crippen LogP contribution in [0.3, 0.4) is 0 Å². The third-order valence-electron chi connectivity index (χ3n) is 1.98. The average Bonchev–Trinajstić information content (AvgIpc) is 2.09. The Kier molecular flexibility index (Phi) is 6.80. The first-order valence-corrected chi connectivity index (χ1v) is 5.07. The van der Waals surface area contributed by atoms with Crippen molar-refractivity contribution in [3.05, 3.63) is 0 Å². The molecule has 0 unspecified atom stereocenters. The van der Waals surface area contributed by atoms with Crippen LogP contribution in [0.25, 0.3) is 0 Å². The largest absolute Gasteiger partial charge is 0.355 e. The summed E-state index contributed by atoms with van der Waals surface area (Å²) >= 11 is 0. The van der Waals surface area contributed by atoms with Gasteiger partial charge >= 0.3 is 0 Å². The fraction of sp³-hybridized carbons (Fsp3) is 0.800. The Hall–Kier alpha value is -1.06. The number of nitrogens with zero attached hydrogens (tertiary/aromatic N) is 1. The molecule has 0 spiro atoms. The fourth-order valence-electron chi connectivity index (χ4n) is 1.14. The molecule has 0 saturated carbocycles. The van der Waals surface area contributed by atoms with Crippen molar-refractivity contribution >= 4 is 11.8 Å². The molecule has 0 bridgehead atoms. The van der Waals surface area contributed by atoms with Gasteiger partial charge < -0.3 is 10.2 Å². The van der Waals surface area contributed by atoms with Gasteiger partial charge in [-0.15, -0.1) is 0 Å². The Morgan fingerprint density at radius 2 is 1.86 bits per heavy atom. The molecule has 0 aliphatic heterocycles. The zero-order valence-corrected chi connectivity index (χ0v) is 9.30. The maximum Gasteiger partial charge on any atom is 0.219 e. The van der Waals surface area contributed by atoms with Gasteiger partial charge in [0.15, 0.2) is 0 Å². The van der Waals surface area contributed by atoms with Gasteiger partial charge in [-0.25, -0.2) is 0 Å². The third kappa shape index (κ3) is 6.46. The SMILES string of the molecule is CCCCN(CCNC(C)=O)C(C)=O. The number of nitrogens with one attached hydrogen (secondary N) is 1. The van der Waals surface area contributed by atoms with Crippen LogP contribution in [0.4, 0.5) is 0 Å². The second-order valence-electron chi connectivity index (χ2n) is 3.34. The molecule has 0 radical (unpaired) electrons. The van der Waals surface area contributed by atoms with Gasteiger partial charge in [-0.05, 0) is 6.42 Å². The van der Waals surface area contributed by atoms with Gasteiger partial charge in [0.25, 0.3) is 0 Å². The van der Waals surface area contributed by atoms with Gasteiger partial charge in [0, 0.05) is 33.5 Å². The van der Waals surface area contributed by atoms with Gasteiger partial charge in [0.2, 0.25) is 11.8 Å². The van der Waals surface area contributed by atoms with Gasteiger partial charge in [-0.1, -0.05) is 13.3 Å². The maximum absolute atomic E-state index is 11.1. The molecule has 0 aliphatic rings. The Balaban J connectivity index is 3.73. The van der Waals surface area contributed by atoms with Gasteiger partial charge in [-0.2, -0.15) is 0 Å². The number of carbonyl (C=O) groups excluding carboxylic acids is 2. The van der Waals surface area contributed by atoms with E-state index in [1.54, 1.807) is 11.8 Å². The van der Waals surface area contributed by atoms with E-state index in [2.05, 4.69) is 12.2 Å². The molecule has 14 heavy (non-hydrogen) atoms. The fourth-order valence-corrected chi connectivity index (χ4v) is 1.14. The van der Waals surface area contributed by atoms with Crippen LogP contribution in [-0.4, -0.2) is 36.3 Å². The van der Waals surface area contributed by atoms with Crippen molar-refractivity contribution in [3.63, 3.8) is 0 Å². The summed E-state index contributed by atoms with van der Waals surface area (Å²) in [6, 6.07) is 0. The lowest BCUT2D eigenvalue weighted by atomic mass is 10.3. The van der Waals surface area contributed by atoms with E-state index in [-0.39, 0.29) is 11.8 Å². The molecule has 0 atom stereocenters. The lowest BCUT2D eigenvalue weighted by Gasteiger charge is -2.20. The number of rotatable bonds is 6. The number of hydrogen-bond acceptors (Lipinski definition) is 2. The van der Waals surface area contributed by atoms with Crippen LogP contribution in [-0.2, 0) is 9.59 Å². The standard InChI is InChI=1S/C10H20N2O2/c1-4-5-7-12(10(3)14)8-6-11-9(2)13/h4-8H2,1-3H3,(H,11,13). The van der Waals surface area contributed by atoms with Gasteiger partial charge in [-0.3, -0.25) is 9.59 Å². The van der Waals surface area contributed by atoms with E-state index < -0.39 is 0 Å². The van der Waals surface area contributed by atoms with Crippen molar-refractivity contribution in [2.24, 2.45) is 0 Å². The van der Waals surface area contributed by atoms with Gasteiger partial charge in [0.05, 0.1) is 0 Å².